The number of nitro benzene ring substituents is 1. The summed E-state index contributed by atoms with van der Waals surface area (Å²) in [5.74, 6) is 0.228. The fourth-order valence-corrected chi connectivity index (χ4v) is 4.63. The molecule has 1 aliphatic rings. The summed E-state index contributed by atoms with van der Waals surface area (Å²) in [7, 11) is 0. The Bertz CT molecular complexity index is 1300. The summed E-state index contributed by atoms with van der Waals surface area (Å²) in [4.78, 5) is 37.0. The first kappa shape index (κ1) is 24.0. The van der Waals surface area contributed by atoms with Crippen LogP contribution in [0.4, 0.5) is 10.5 Å². The Kier molecular flexibility index (Phi) is 7.35. The molecule has 0 saturated carbocycles. The Morgan fingerprint density at radius 3 is 2.35 bits per heavy atom. The number of nitrogens with zero attached hydrogens (tertiary/aromatic N) is 2. The Balaban J connectivity index is 1.42. The number of carbonyl (C=O) groups is 2. The summed E-state index contributed by atoms with van der Waals surface area (Å²) in [5, 5.41) is 11.0. The molecule has 7 nitrogen and oxygen atoms in total. The molecule has 0 unspecified atom stereocenters. The number of rotatable bonds is 7. The maximum absolute atomic E-state index is 12.8. The van der Waals surface area contributed by atoms with Gasteiger partial charge in [0.1, 0.15) is 12.4 Å². The summed E-state index contributed by atoms with van der Waals surface area (Å²) < 4.78 is 6.47. The molecule has 2 amide bonds. The van der Waals surface area contributed by atoms with Crippen molar-refractivity contribution in [3.05, 3.63) is 108 Å². The second kappa shape index (κ2) is 10.4. The van der Waals surface area contributed by atoms with Gasteiger partial charge in [0.05, 0.1) is 20.8 Å². The number of benzene rings is 3. The van der Waals surface area contributed by atoms with Crippen molar-refractivity contribution in [3.63, 3.8) is 0 Å². The molecule has 1 aliphatic heterocycles. The van der Waals surface area contributed by atoms with Crippen LogP contribution >= 0.6 is 39.3 Å². The number of hydrogen-bond acceptors (Lipinski definition) is 6. The quantitative estimate of drug-likeness (QED) is 0.179. The fraction of sp³-hybridized carbons (Fsp3) is 0.0833. The zero-order valence-electron chi connectivity index (χ0n) is 17.4. The maximum atomic E-state index is 12.8. The molecule has 172 valence electrons. The lowest BCUT2D eigenvalue weighted by Gasteiger charge is -2.12. The van der Waals surface area contributed by atoms with E-state index in [1.54, 1.807) is 60.7 Å². The van der Waals surface area contributed by atoms with Crippen molar-refractivity contribution in [2.75, 3.05) is 0 Å². The van der Waals surface area contributed by atoms with E-state index in [4.69, 9.17) is 16.3 Å². The maximum Gasteiger partial charge on any atom is 0.293 e. The van der Waals surface area contributed by atoms with Crippen LogP contribution < -0.4 is 4.74 Å². The van der Waals surface area contributed by atoms with Gasteiger partial charge in [-0.3, -0.25) is 24.6 Å². The van der Waals surface area contributed by atoms with Crippen molar-refractivity contribution >= 4 is 62.2 Å². The molecule has 10 heteroatoms. The molecule has 0 radical (unpaired) electrons. The minimum absolute atomic E-state index is 0.0202. The van der Waals surface area contributed by atoms with Gasteiger partial charge in [0.15, 0.2) is 0 Å². The molecular weight excluding hydrogens is 544 g/mol. The van der Waals surface area contributed by atoms with Gasteiger partial charge >= 0.3 is 0 Å². The molecule has 0 atom stereocenters. The summed E-state index contributed by atoms with van der Waals surface area (Å²) in [6, 6.07) is 18.4. The smallest absolute Gasteiger partial charge is 0.293 e. The minimum atomic E-state index is -0.452. The zero-order chi connectivity index (χ0) is 24.2. The van der Waals surface area contributed by atoms with E-state index in [2.05, 4.69) is 15.9 Å². The molecule has 0 N–H and O–H groups in total. The highest BCUT2D eigenvalue weighted by atomic mass is 79.9. The average Bonchev–Trinajstić information content (AvgIpc) is 3.07. The molecule has 4 rings (SSSR count). The average molecular weight is 560 g/mol. The third kappa shape index (κ3) is 5.67. The van der Waals surface area contributed by atoms with Crippen LogP contribution in [0.3, 0.4) is 0 Å². The SMILES string of the molecule is O=C1S/C(=C\c2ccc(OCc3ccc([N+](=O)[O-])cc3)c(Br)c2)C(=O)N1Cc1ccc(Cl)cc1. The standard InChI is InChI=1S/C24H16BrClN2O5S/c25-20-11-17(5-10-21(20)33-14-16-3-8-19(9-4-16)28(31)32)12-22-23(29)27(24(30)34-22)13-15-1-6-18(26)7-2-15/h1-12H,13-14H2/b22-12-. The normalized spacial score (nSPS) is 14.6. The number of nitro groups is 1. The molecular formula is C24H16BrClN2O5S. The monoisotopic (exact) mass is 558 g/mol. The largest absolute Gasteiger partial charge is 0.488 e. The van der Waals surface area contributed by atoms with Crippen LogP contribution in [-0.4, -0.2) is 21.0 Å². The second-order valence-corrected chi connectivity index (χ2v) is 9.58. The van der Waals surface area contributed by atoms with Gasteiger partial charge in [-0.2, -0.15) is 0 Å². The number of thioether (sulfide) groups is 1. The molecule has 0 aliphatic carbocycles. The lowest BCUT2D eigenvalue weighted by Crippen LogP contribution is -2.27. The Labute approximate surface area is 212 Å². The van der Waals surface area contributed by atoms with Crippen LogP contribution in [0.5, 0.6) is 5.75 Å². The highest BCUT2D eigenvalue weighted by Crippen LogP contribution is 2.35. The van der Waals surface area contributed by atoms with Crippen molar-refractivity contribution in [1.82, 2.24) is 4.90 Å². The lowest BCUT2D eigenvalue weighted by molar-refractivity contribution is -0.384. The van der Waals surface area contributed by atoms with E-state index in [1.807, 2.05) is 0 Å². The lowest BCUT2D eigenvalue weighted by atomic mass is 10.2. The summed E-state index contributed by atoms with van der Waals surface area (Å²) in [6.07, 6.45) is 1.66. The van der Waals surface area contributed by atoms with Gasteiger partial charge in [-0.05, 0) is 86.9 Å². The number of ether oxygens (including phenoxy) is 1. The van der Waals surface area contributed by atoms with Crippen LogP contribution in [0.15, 0.2) is 76.1 Å². The number of halogens is 2. The second-order valence-electron chi connectivity index (χ2n) is 7.30. The fourth-order valence-electron chi connectivity index (χ4n) is 3.16. The first-order valence-electron chi connectivity index (χ1n) is 9.95. The molecule has 1 fully saturated rings. The van der Waals surface area contributed by atoms with Crippen molar-refractivity contribution < 1.29 is 19.2 Å². The van der Waals surface area contributed by atoms with E-state index in [9.17, 15) is 19.7 Å². The van der Waals surface area contributed by atoms with E-state index in [1.165, 1.54) is 17.0 Å². The van der Waals surface area contributed by atoms with Gasteiger partial charge in [0, 0.05) is 17.2 Å². The van der Waals surface area contributed by atoms with E-state index >= 15 is 0 Å². The van der Waals surface area contributed by atoms with Crippen LogP contribution in [0.25, 0.3) is 6.08 Å². The van der Waals surface area contributed by atoms with Gasteiger partial charge in [0.2, 0.25) is 0 Å². The van der Waals surface area contributed by atoms with Gasteiger partial charge in [-0.1, -0.05) is 29.8 Å². The first-order valence-corrected chi connectivity index (χ1v) is 11.9. The third-order valence-corrected chi connectivity index (χ3v) is 6.70. The Morgan fingerprint density at radius 2 is 1.71 bits per heavy atom. The van der Waals surface area contributed by atoms with E-state index in [-0.39, 0.29) is 30.0 Å². The predicted molar refractivity (Wildman–Crippen MR) is 135 cm³/mol. The van der Waals surface area contributed by atoms with E-state index < -0.39 is 4.92 Å². The Morgan fingerprint density at radius 1 is 1.03 bits per heavy atom. The van der Waals surface area contributed by atoms with Crippen LogP contribution in [0.2, 0.25) is 5.02 Å². The molecule has 0 spiro atoms. The predicted octanol–water partition coefficient (Wildman–Crippen LogP) is 6.83. The summed E-state index contributed by atoms with van der Waals surface area (Å²) in [5.41, 5.74) is 2.35. The number of imide groups is 1. The summed E-state index contributed by atoms with van der Waals surface area (Å²) >= 11 is 10.3. The van der Waals surface area contributed by atoms with Gasteiger partial charge in [-0.15, -0.1) is 0 Å². The van der Waals surface area contributed by atoms with Crippen molar-refractivity contribution in [2.45, 2.75) is 13.2 Å². The zero-order valence-corrected chi connectivity index (χ0v) is 20.6. The van der Waals surface area contributed by atoms with Crippen molar-refractivity contribution in [2.24, 2.45) is 0 Å². The molecule has 34 heavy (non-hydrogen) atoms. The van der Waals surface area contributed by atoms with Gasteiger partial charge in [-0.25, -0.2) is 0 Å². The number of amides is 2. The molecule has 1 heterocycles. The van der Waals surface area contributed by atoms with Gasteiger partial charge < -0.3 is 4.74 Å². The van der Waals surface area contributed by atoms with E-state index in [0.29, 0.717) is 20.2 Å². The molecule has 3 aromatic carbocycles. The van der Waals surface area contributed by atoms with Crippen molar-refractivity contribution in [3.8, 4) is 5.75 Å². The topological polar surface area (TPSA) is 89.7 Å². The molecule has 0 aromatic heterocycles. The number of carbonyl (C=O) groups excluding carboxylic acids is 2. The minimum Gasteiger partial charge on any atom is -0.488 e. The highest BCUT2D eigenvalue weighted by Gasteiger charge is 2.35. The van der Waals surface area contributed by atoms with Crippen molar-refractivity contribution in [1.29, 1.82) is 0 Å². The first-order chi connectivity index (χ1) is 16.3. The third-order valence-electron chi connectivity index (χ3n) is 4.92. The number of hydrogen-bond donors (Lipinski definition) is 0. The molecule has 1 saturated heterocycles. The van der Waals surface area contributed by atoms with Crippen LogP contribution in [0.1, 0.15) is 16.7 Å². The summed E-state index contributed by atoms with van der Waals surface area (Å²) in [6.45, 7) is 0.415. The highest BCUT2D eigenvalue weighted by molar-refractivity contribution is 9.10. The number of non-ortho nitro benzene ring substituents is 1. The molecule has 0 bridgehead atoms. The Hall–Kier alpha value is -3.14. The van der Waals surface area contributed by atoms with Crippen LogP contribution in [0, 0.1) is 10.1 Å². The van der Waals surface area contributed by atoms with Crippen LogP contribution in [-0.2, 0) is 17.9 Å². The van der Waals surface area contributed by atoms with E-state index in [0.717, 1.165) is 28.5 Å². The molecule has 3 aromatic rings. The van der Waals surface area contributed by atoms with Gasteiger partial charge in [0.25, 0.3) is 16.8 Å².